The summed E-state index contributed by atoms with van der Waals surface area (Å²) in [5, 5.41) is 4.21. The lowest BCUT2D eigenvalue weighted by atomic mass is 10.1. The van der Waals surface area contributed by atoms with E-state index in [1.807, 2.05) is 36.9 Å². The van der Waals surface area contributed by atoms with Crippen molar-refractivity contribution in [3.8, 4) is 5.69 Å². The standard InChI is InChI=1S/C11H14N4/c1-8-6-11(15-5-3-4-13-15)10(7-12)9(2)14-8/h3-6H,7,12H2,1-2H3. The lowest BCUT2D eigenvalue weighted by Crippen LogP contribution is -2.09. The predicted octanol–water partition coefficient (Wildman–Crippen LogP) is 1.34. The predicted molar refractivity (Wildman–Crippen MR) is 58.7 cm³/mol. The summed E-state index contributed by atoms with van der Waals surface area (Å²) in [5.74, 6) is 0. The number of nitrogens with zero attached hydrogens (tertiary/aromatic N) is 3. The molecule has 0 fully saturated rings. The van der Waals surface area contributed by atoms with Crippen LogP contribution in [0.25, 0.3) is 5.69 Å². The zero-order valence-electron chi connectivity index (χ0n) is 8.94. The van der Waals surface area contributed by atoms with Crippen molar-refractivity contribution in [3.63, 3.8) is 0 Å². The fraction of sp³-hybridized carbons (Fsp3) is 0.273. The van der Waals surface area contributed by atoms with Crippen molar-refractivity contribution < 1.29 is 0 Å². The van der Waals surface area contributed by atoms with Gasteiger partial charge in [0.05, 0.1) is 5.69 Å². The second-order valence-electron chi connectivity index (χ2n) is 3.50. The second-order valence-corrected chi connectivity index (χ2v) is 3.50. The molecule has 0 aliphatic heterocycles. The molecule has 4 heteroatoms. The van der Waals surface area contributed by atoms with Crippen LogP contribution < -0.4 is 5.73 Å². The Kier molecular flexibility index (Phi) is 2.51. The lowest BCUT2D eigenvalue weighted by molar-refractivity contribution is 0.841. The van der Waals surface area contributed by atoms with Crippen LogP contribution in [-0.4, -0.2) is 14.8 Å². The summed E-state index contributed by atoms with van der Waals surface area (Å²) in [6.45, 7) is 4.43. The monoisotopic (exact) mass is 202 g/mol. The van der Waals surface area contributed by atoms with E-state index < -0.39 is 0 Å². The first-order valence-corrected chi connectivity index (χ1v) is 4.89. The average molecular weight is 202 g/mol. The molecule has 2 rings (SSSR count). The molecule has 0 unspecified atom stereocenters. The van der Waals surface area contributed by atoms with Crippen molar-refractivity contribution in [2.24, 2.45) is 5.73 Å². The van der Waals surface area contributed by atoms with Crippen molar-refractivity contribution in [1.29, 1.82) is 0 Å². The molecule has 0 saturated heterocycles. The van der Waals surface area contributed by atoms with Crippen molar-refractivity contribution in [2.75, 3.05) is 0 Å². The molecule has 2 N–H and O–H groups in total. The Hall–Kier alpha value is -1.68. The van der Waals surface area contributed by atoms with Gasteiger partial charge in [-0.05, 0) is 26.0 Å². The number of pyridine rings is 1. The molecule has 0 aliphatic rings. The third kappa shape index (κ3) is 1.76. The van der Waals surface area contributed by atoms with E-state index >= 15 is 0 Å². The molecular weight excluding hydrogens is 188 g/mol. The highest BCUT2D eigenvalue weighted by atomic mass is 15.3. The van der Waals surface area contributed by atoms with Crippen LogP contribution in [0.1, 0.15) is 17.0 Å². The van der Waals surface area contributed by atoms with Crippen LogP contribution >= 0.6 is 0 Å². The van der Waals surface area contributed by atoms with E-state index in [2.05, 4.69) is 10.1 Å². The third-order valence-corrected chi connectivity index (χ3v) is 2.39. The van der Waals surface area contributed by atoms with Crippen LogP contribution in [0.2, 0.25) is 0 Å². The van der Waals surface area contributed by atoms with Gasteiger partial charge in [-0.1, -0.05) is 0 Å². The first kappa shape index (κ1) is 9.86. The largest absolute Gasteiger partial charge is 0.326 e. The molecule has 0 aromatic carbocycles. The van der Waals surface area contributed by atoms with Crippen LogP contribution in [0.4, 0.5) is 0 Å². The number of aryl methyl sites for hydroxylation is 2. The number of rotatable bonds is 2. The Labute approximate surface area is 88.8 Å². The number of aromatic nitrogens is 3. The van der Waals surface area contributed by atoms with Gasteiger partial charge in [0.2, 0.25) is 0 Å². The van der Waals surface area contributed by atoms with Crippen LogP contribution in [-0.2, 0) is 6.54 Å². The maximum Gasteiger partial charge on any atom is 0.0726 e. The Morgan fingerprint density at radius 1 is 1.40 bits per heavy atom. The van der Waals surface area contributed by atoms with E-state index in [0.717, 1.165) is 22.6 Å². The van der Waals surface area contributed by atoms with Gasteiger partial charge >= 0.3 is 0 Å². The van der Waals surface area contributed by atoms with Gasteiger partial charge in [-0.2, -0.15) is 5.10 Å². The summed E-state index contributed by atoms with van der Waals surface area (Å²) in [6.07, 6.45) is 3.67. The average Bonchev–Trinajstić information content (AvgIpc) is 2.69. The molecule has 2 heterocycles. The van der Waals surface area contributed by atoms with E-state index in [1.54, 1.807) is 6.20 Å². The molecule has 15 heavy (non-hydrogen) atoms. The van der Waals surface area contributed by atoms with Crippen LogP contribution in [0.5, 0.6) is 0 Å². The Morgan fingerprint density at radius 3 is 2.80 bits per heavy atom. The highest BCUT2D eigenvalue weighted by Crippen LogP contribution is 2.17. The van der Waals surface area contributed by atoms with Crippen molar-refractivity contribution >= 4 is 0 Å². The molecule has 0 aliphatic carbocycles. The molecule has 4 nitrogen and oxygen atoms in total. The summed E-state index contributed by atoms with van der Waals surface area (Å²) in [7, 11) is 0. The van der Waals surface area contributed by atoms with Crippen LogP contribution in [0.3, 0.4) is 0 Å². The van der Waals surface area contributed by atoms with E-state index in [-0.39, 0.29) is 0 Å². The summed E-state index contributed by atoms with van der Waals surface area (Å²) in [5.41, 5.74) is 9.75. The fourth-order valence-electron chi connectivity index (χ4n) is 1.70. The zero-order chi connectivity index (χ0) is 10.8. The van der Waals surface area contributed by atoms with Gasteiger partial charge in [-0.3, -0.25) is 4.98 Å². The molecule has 2 aromatic heterocycles. The van der Waals surface area contributed by atoms with Gasteiger partial charge in [-0.15, -0.1) is 0 Å². The summed E-state index contributed by atoms with van der Waals surface area (Å²) >= 11 is 0. The number of nitrogens with two attached hydrogens (primary N) is 1. The summed E-state index contributed by atoms with van der Waals surface area (Å²) in [6, 6.07) is 3.90. The molecular formula is C11H14N4. The van der Waals surface area contributed by atoms with Gasteiger partial charge in [-0.25, -0.2) is 4.68 Å². The number of hydrogen-bond donors (Lipinski definition) is 1. The molecule has 0 saturated carbocycles. The van der Waals surface area contributed by atoms with Crippen molar-refractivity contribution in [2.45, 2.75) is 20.4 Å². The van der Waals surface area contributed by atoms with Gasteiger partial charge in [0.15, 0.2) is 0 Å². The fourth-order valence-corrected chi connectivity index (χ4v) is 1.70. The molecule has 78 valence electrons. The first-order valence-electron chi connectivity index (χ1n) is 4.89. The second kappa shape index (κ2) is 3.82. The molecule has 0 amide bonds. The van der Waals surface area contributed by atoms with Crippen molar-refractivity contribution in [1.82, 2.24) is 14.8 Å². The van der Waals surface area contributed by atoms with Gasteiger partial charge < -0.3 is 5.73 Å². The quantitative estimate of drug-likeness (QED) is 0.799. The Morgan fingerprint density at radius 2 is 2.20 bits per heavy atom. The minimum atomic E-state index is 0.480. The maximum absolute atomic E-state index is 5.73. The van der Waals surface area contributed by atoms with E-state index in [0.29, 0.717) is 6.54 Å². The zero-order valence-corrected chi connectivity index (χ0v) is 8.94. The van der Waals surface area contributed by atoms with Crippen molar-refractivity contribution in [3.05, 3.63) is 41.5 Å². The van der Waals surface area contributed by atoms with Gasteiger partial charge in [0.25, 0.3) is 0 Å². The highest BCUT2D eigenvalue weighted by Gasteiger charge is 2.08. The SMILES string of the molecule is Cc1cc(-n2cccn2)c(CN)c(C)n1. The molecule has 0 spiro atoms. The minimum Gasteiger partial charge on any atom is -0.326 e. The first-order chi connectivity index (χ1) is 7.22. The Bertz CT molecular complexity index is 460. The molecule has 0 bridgehead atoms. The molecule has 0 radical (unpaired) electrons. The number of hydrogen-bond acceptors (Lipinski definition) is 3. The summed E-state index contributed by atoms with van der Waals surface area (Å²) < 4.78 is 1.82. The molecule has 2 aromatic rings. The van der Waals surface area contributed by atoms with Gasteiger partial charge in [0, 0.05) is 35.9 Å². The van der Waals surface area contributed by atoms with E-state index in [9.17, 15) is 0 Å². The molecule has 0 atom stereocenters. The van der Waals surface area contributed by atoms with E-state index in [4.69, 9.17) is 5.73 Å². The minimum absolute atomic E-state index is 0.480. The summed E-state index contributed by atoms with van der Waals surface area (Å²) in [4.78, 5) is 4.39. The smallest absolute Gasteiger partial charge is 0.0726 e. The Balaban J connectivity index is 2.64. The normalized spacial score (nSPS) is 10.6. The topological polar surface area (TPSA) is 56.7 Å². The third-order valence-electron chi connectivity index (χ3n) is 2.39. The van der Waals surface area contributed by atoms with Crippen LogP contribution in [0, 0.1) is 13.8 Å². The lowest BCUT2D eigenvalue weighted by Gasteiger charge is -2.11. The highest BCUT2D eigenvalue weighted by molar-refractivity contribution is 5.43. The maximum atomic E-state index is 5.73. The van der Waals surface area contributed by atoms with E-state index in [1.165, 1.54) is 0 Å². The van der Waals surface area contributed by atoms with Gasteiger partial charge in [0.1, 0.15) is 0 Å². The van der Waals surface area contributed by atoms with Crippen LogP contribution in [0.15, 0.2) is 24.5 Å².